The molecule has 438 valence electrons. The molecule has 2 aliphatic rings. The molecule has 1 aliphatic heterocycles. The third-order valence-electron chi connectivity index (χ3n) is 17.2. The Morgan fingerprint density at radius 2 is 1.15 bits per heavy atom. The van der Waals surface area contributed by atoms with Crippen LogP contribution in [0.3, 0.4) is 0 Å². The summed E-state index contributed by atoms with van der Waals surface area (Å²) in [6, 6.07) is 40.6. The van der Waals surface area contributed by atoms with Crippen molar-refractivity contribution in [3.63, 3.8) is 0 Å². The Hall–Kier alpha value is -7.20. The molecule has 3 heterocycles. The maximum atomic E-state index is 9.90. The van der Waals surface area contributed by atoms with Crippen LogP contribution in [0.25, 0.3) is 61.0 Å². The fraction of sp³-hybridized carbons (Fsp3) is 0.316. The maximum Gasteiger partial charge on any atom is 0.135 e. The molecule has 0 fully saturated rings. The summed E-state index contributed by atoms with van der Waals surface area (Å²) in [5, 5.41) is 0.642. The molecule has 0 saturated carbocycles. The van der Waals surface area contributed by atoms with E-state index in [1.807, 2.05) is 86.9 Å². The summed E-state index contributed by atoms with van der Waals surface area (Å²) in [5.74, 6) is 0.634. The number of rotatable bonds is 8. The molecule has 0 spiro atoms. The van der Waals surface area contributed by atoms with Gasteiger partial charge in [0, 0.05) is 82.1 Å². The van der Waals surface area contributed by atoms with Crippen LogP contribution >= 0.6 is 0 Å². The van der Waals surface area contributed by atoms with Crippen LogP contribution in [0.4, 0.5) is 22.7 Å². The fourth-order valence-corrected chi connectivity index (χ4v) is 12.1. The number of pyridine rings is 1. The van der Waals surface area contributed by atoms with Crippen molar-refractivity contribution in [2.45, 2.75) is 163 Å². The van der Waals surface area contributed by atoms with Crippen LogP contribution in [0.5, 0.6) is 11.5 Å². The van der Waals surface area contributed by atoms with E-state index in [-0.39, 0.29) is 118 Å². The van der Waals surface area contributed by atoms with Gasteiger partial charge in [-0.1, -0.05) is 207 Å². The van der Waals surface area contributed by atoms with Crippen LogP contribution in [0, 0.1) is 25.7 Å². The van der Waals surface area contributed by atoms with Gasteiger partial charge in [-0.2, -0.15) is 12.1 Å². The van der Waals surface area contributed by atoms with Gasteiger partial charge in [0.1, 0.15) is 5.82 Å². The third kappa shape index (κ3) is 11.0. The number of ether oxygens (including phenoxy) is 1. The second-order valence-corrected chi connectivity index (χ2v) is 28.5. The normalized spacial score (nSPS) is 17.0. The molecule has 5 nitrogen and oxygen atoms in total. The van der Waals surface area contributed by atoms with Crippen molar-refractivity contribution >= 4 is 44.6 Å². The minimum absolute atomic E-state index is 0. The summed E-state index contributed by atoms with van der Waals surface area (Å²) < 4.78 is 111. The first-order valence-electron chi connectivity index (χ1n) is 34.9. The molecule has 10 aromatic rings. The molecule has 1 aliphatic carbocycles. The smallest absolute Gasteiger partial charge is 0.135 e. The van der Waals surface area contributed by atoms with Gasteiger partial charge in [-0.15, -0.1) is 48.1 Å². The minimum Gasteiger partial charge on any atom is -0.509 e. The van der Waals surface area contributed by atoms with Gasteiger partial charge in [0.2, 0.25) is 0 Å². The van der Waals surface area contributed by atoms with Crippen LogP contribution in [0.2, 0.25) is 0 Å². The van der Waals surface area contributed by atoms with Crippen molar-refractivity contribution in [2.24, 2.45) is 0 Å². The first-order chi connectivity index (χ1) is 44.1. The van der Waals surface area contributed by atoms with Crippen molar-refractivity contribution in [1.82, 2.24) is 9.55 Å². The predicted octanol–water partition coefficient (Wildman–Crippen LogP) is 21.8. The maximum absolute atomic E-state index is 9.90. The number of aromatic nitrogens is 2. The molecule has 0 amide bonds. The van der Waals surface area contributed by atoms with Crippen LogP contribution in [0.1, 0.15) is 178 Å². The SMILES string of the molecule is [2H]c1c([2H])c(C(C)(C)C)c([2H])c([2H])c1-c1cc(C(C)(C)C)cc(-c2cc(C(C)(C)C)cc(C(C)(C)C)c2)c1N1[CH-]N(c2[c-]c(Oc3[c-]c4c(cc3)c3c([2H])c([2H])c([2H])c([2H])c3n4-c3cc(C([2H])([2H])[2H])c(-c4cccc5c4C(C)(C)CCC5(C)C)cn3)ccc2)c2ccccc21.[Pt]. The third-order valence-corrected chi connectivity index (χ3v) is 17.2. The molecular weight excluding hydrogens is 1220 g/mol. The van der Waals surface area contributed by atoms with E-state index >= 15 is 0 Å². The number of hydrogen-bond acceptors (Lipinski definition) is 4. The molecular formula is C79H83N4OPt-3. The van der Waals surface area contributed by atoms with Gasteiger partial charge < -0.3 is 19.1 Å². The number of aryl methyl sites for hydroxylation is 1. The summed E-state index contributed by atoms with van der Waals surface area (Å²) in [4.78, 5) is 9.11. The minimum atomic E-state index is -2.63. The average Bonchev–Trinajstić information content (AvgIpc) is 1.32. The summed E-state index contributed by atoms with van der Waals surface area (Å²) in [6.45, 7) is 33.6. The topological polar surface area (TPSA) is 33.5 Å². The summed E-state index contributed by atoms with van der Waals surface area (Å²) in [6.07, 6.45) is 3.46. The molecule has 0 N–H and O–H groups in total. The van der Waals surface area contributed by atoms with Crippen molar-refractivity contribution in [3.05, 3.63) is 221 Å². The molecule has 0 bridgehead atoms. The van der Waals surface area contributed by atoms with E-state index in [0.29, 0.717) is 39.2 Å². The van der Waals surface area contributed by atoms with Gasteiger partial charge in [0.05, 0.1) is 11.0 Å². The molecule has 0 atom stereocenters. The Morgan fingerprint density at radius 1 is 0.553 bits per heavy atom. The van der Waals surface area contributed by atoms with Gasteiger partial charge in [0.25, 0.3) is 0 Å². The zero-order valence-corrected chi connectivity index (χ0v) is 54.2. The average molecular weight is 1310 g/mol. The van der Waals surface area contributed by atoms with Crippen molar-refractivity contribution in [3.8, 4) is 50.7 Å². The Bertz CT molecular complexity index is 4760. The Balaban J connectivity index is 0.00000936. The second-order valence-electron chi connectivity index (χ2n) is 28.5. The van der Waals surface area contributed by atoms with Crippen LogP contribution in [0.15, 0.2) is 164 Å². The number of anilines is 4. The Labute approximate surface area is 537 Å². The Kier molecular flexibility index (Phi) is 11.8. The van der Waals surface area contributed by atoms with E-state index in [4.69, 9.17) is 16.6 Å². The molecule has 0 radical (unpaired) electrons. The van der Waals surface area contributed by atoms with Crippen LogP contribution in [-0.2, 0) is 53.6 Å². The Morgan fingerprint density at radius 3 is 1.81 bits per heavy atom. The van der Waals surface area contributed by atoms with E-state index < -0.39 is 29.8 Å². The first kappa shape index (κ1) is 47.0. The summed E-state index contributed by atoms with van der Waals surface area (Å²) >= 11 is 0. The monoisotopic (exact) mass is 1310 g/mol. The van der Waals surface area contributed by atoms with Gasteiger partial charge >= 0.3 is 0 Å². The number of benzene rings is 8. The molecule has 8 aromatic carbocycles. The quantitative estimate of drug-likeness (QED) is 0.142. The number of hydrogen-bond donors (Lipinski definition) is 0. The van der Waals surface area contributed by atoms with Crippen molar-refractivity contribution in [1.29, 1.82) is 0 Å². The number of para-hydroxylation sites is 3. The van der Waals surface area contributed by atoms with Crippen molar-refractivity contribution < 1.29 is 40.9 Å². The second kappa shape index (κ2) is 21.3. The zero-order chi connectivity index (χ0) is 69.1. The van der Waals surface area contributed by atoms with Gasteiger partial charge in [0.15, 0.2) is 0 Å². The summed E-state index contributed by atoms with van der Waals surface area (Å²) in [7, 11) is 0. The van der Waals surface area contributed by atoms with E-state index in [1.165, 1.54) is 6.07 Å². The first-order valence-corrected chi connectivity index (χ1v) is 29.4. The molecule has 6 heteroatoms. The molecule has 0 unspecified atom stereocenters. The van der Waals surface area contributed by atoms with E-state index in [0.717, 1.165) is 68.7 Å². The molecule has 12 rings (SSSR count). The van der Waals surface area contributed by atoms with E-state index in [1.54, 1.807) is 29.0 Å². The summed E-state index contributed by atoms with van der Waals surface area (Å²) in [5.41, 5.74) is 10.8. The van der Waals surface area contributed by atoms with Crippen LogP contribution in [-0.4, -0.2) is 9.55 Å². The number of fused-ring (bicyclic) bond motifs is 5. The molecule has 85 heavy (non-hydrogen) atoms. The zero-order valence-electron chi connectivity index (χ0n) is 63.0. The predicted molar refractivity (Wildman–Crippen MR) is 355 cm³/mol. The standard InChI is InChI=1S/C79H83N4O.Pt/c1-50-40-71(80-48-65(50)62-27-23-28-66-72(62)79(16,17)39-38-78(66,14)15)83-67-29-19-18-26-60(67)61-37-36-59(47-70(61)83)84-58-25-22-24-57(46-58)81-49-82(69-31-21-20-30-68(69)81)73-63(51-32-34-53(35-33-51)74(2,3)4)44-56(77(11,12)13)45-64(73)52-41-54(75(5,6)7)43-55(42-52)76(8,9)10;/h18-37,40-45,48-49H,38-39H2,1-17H3;/q-3;/i1D3,18D,19D,26D,29D,32D,33D,34D,35D;. The molecule has 0 saturated heterocycles. The van der Waals surface area contributed by atoms with Crippen molar-refractivity contribution in [2.75, 3.05) is 9.80 Å². The van der Waals surface area contributed by atoms with E-state index in [9.17, 15) is 8.22 Å². The largest absolute Gasteiger partial charge is 0.509 e. The van der Waals surface area contributed by atoms with Gasteiger partial charge in [-0.3, -0.25) is 0 Å². The van der Waals surface area contributed by atoms with Gasteiger partial charge in [-0.05, 0) is 150 Å². The van der Waals surface area contributed by atoms with Crippen LogP contribution < -0.4 is 14.5 Å². The number of nitrogens with zero attached hydrogens (tertiary/aromatic N) is 4. The molecule has 2 aromatic heterocycles. The van der Waals surface area contributed by atoms with E-state index in [2.05, 4.69) is 137 Å². The fourth-order valence-electron chi connectivity index (χ4n) is 12.1. The van der Waals surface area contributed by atoms with Gasteiger partial charge in [-0.25, -0.2) is 4.98 Å².